The second-order valence-electron chi connectivity index (χ2n) is 2.87. The molecule has 15 heavy (non-hydrogen) atoms. The van der Waals surface area contributed by atoms with Gasteiger partial charge in [0.1, 0.15) is 5.82 Å². The lowest BCUT2D eigenvalue weighted by molar-refractivity contribution is -0.137. The summed E-state index contributed by atoms with van der Waals surface area (Å²) in [6.45, 7) is 0. The smallest absolute Gasteiger partial charge is 0.305 e. The van der Waals surface area contributed by atoms with Crippen LogP contribution in [-0.2, 0) is 4.79 Å². The quantitative estimate of drug-likeness (QED) is 0.901. The van der Waals surface area contributed by atoms with E-state index in [9.17, 15) is 9.18 Å². The molecular formula is C9H10BrClFNO2. The van der Waals surface area contributed by atoms with Crippen LogP contribution in [-0.4, -0.2) is 11.1 Å². The third-order valence-corrected chi connectivity index (χ3v) is 2.25. The average molecular weight is 299 g/mol. The minimum atomic E-state index is -1.04. The van der Waals surface area contributed by atoms with Gasteiger partial charge < -0.3 is 10.8 Å². The first-order chi connectivity index (χ1) is 6.50. The number of hydrogen-bond donors (Lipinski definition) is 2. The van der Waals surface area contributed by atoms with Crippen molar-refractivity contribution in [2.24, 2.45) is 5.73 Å². The number of carboxylic acid groups (broad SMARTS) is 1. The zero-order valence-electron chi connectivity index (χ0n) is 7.61. The monoisotopic (exact) mass is 297 g/mol. The Morgan fingerprint density at radius 2 is 2.20 bits per heavy atom. The molecule has 1 atom stereocenters. The van der Waals surface area contributed by atoms with Gasteiger partial charge in [-0.25, -0.2) is 4.39 Å². The van der Waals surface area contributed by atoms with Crippen LogP contribution in [0.3, 0.4) is 0 Å². The Kier molecular flexibility index (Phi) is 5.79. The number of halogens is 3. The summed E-state index contributed by atoms with van der Waals surface area (Å²) >= 11 is 3.16. The van der Waals surface area contributed by atoms with Crippen molar-refractivity contribution >= 4 is 34.3 Å². The Labute approximate surface area is 101 Å². The third-order valence-electron chi connectivity index (χ3n) is 1.75. The standard InChI is InChI=1S/C9H9BrFNO2.ClH/c10-5-1-2-7(11)6(3-5)8(12)4-9(13)14;/h1-3,8H,4,12H2,(H,13,14);1H. The first-order valence-electron chi connectivity index (χ1n) is 3.93. The van der Waals surface area contributed by atoms with E-state index in [1.54, 1.807) is 0 Å². The summed E-state index contributed by atoms with van der Waals surface area (Å²) in [4.78, 5) is 10.4. The molecule has 0 saturated carbocycles. The molecule has 1 aromatic carbocycles. The van der Waals surface area contributed by atoms with Crippen molar-refractivity contribution in [2.75, 3.05) is 0 Å². The molecule has 6 heteroatoms. The topological polar surface area (TPSA) is 63.3 Å². The van der Waals surface area contributed by atoms with Crippen LogP contribution in [0.15, 0.2) is 22.7 Å². The Morgan fingerprint density at radius 1 is 1.60 bits per heavy atom. The number of aliphatic carboxylic acids is 1. The summed E-state index contributed by atoms with van der Waals surface area (Å²) in [6, 6.07) is 3.46. The number of rotatable bonds is 3. The predicted octanol–water partition coefficient (Wildman–Crippen LogP) is 2.48. The molecule has 0 saturated heterocycles. The van der Waals surface area contributed by atoms with Crippen LogP contribution in [0.4, 0.5) is 4.39 Å². The van der Waals surface area contributed by atoms with E-state index in [0.29, 0.717) is 4.47 Å². The summed E-state index contributed by atoms with van der Waals surface area (Å²) in [6.07, 6.45) is -0.284. The van der Waals surface area contributed by atoms with Gasteiger partial charge in [0, 0.05) is 16.1 Å². The highest BCUT2D eigenvalue weighted by atomic mass is 79.9. The molecule has 0 bridgehead atoms. The van der Waals surface area contributed by atoms with Gasteiger partial charge in [-0.1, -0.05) is 15.9 Å². The SMILES string of the molecule is Cl.NC(CC(=O)O)c1cc(Br)ccc1F. The Hall–Kier alpha value is -0.650. The molecular weight excluding hydrogens is 288 g/mol. The van der Waals surface area contributed by atoms with Gasteiger partial charge in [0.25, 0.3) is 0 Å². The van der Waals surface area contributed by atoms with Crippen molar-refractivity contribution in [1.82, 2.24) is 0 Å². The van der Waals surface area contributed by atoms with Crippen molar-refractivity contribution in [3.63, 3.8) is 0 Å². The molecule has 0 aliphatic heterocycles. The maximum absolute atomic E-state index is 13.2. The van der Waals surface area contributed by atoms with E-state index in [1.165, 1.54) is 18.2 Å². The molecule has 0 heterocycles. The predicted molar refractivity (Wildman–Crippen MR) is 60.5 cm³/mol. The maximum Gasteiger partial charge on any atom is 0.305 e. The summed E-state index contributed by atoms with van der Waals surface area (Å²) < 4.78 is 13.9. The molecule has 1 aromatic rings. The second kappa shape index (κ2) is 6.05. The highest BCUT2D eigenvalue weighted by Gasteiger charge is 2.14. The highest BCUT2D eigenvalue weighted by molar-refractivity contribution is 9.10. The molecule has 1 rings (SSSR count). The summed E-state index contributed by atoms with van der Waals surface area (Å²) in [5.41, 5.74) is 5.73. The number of carbonyl (C=O) groups is 1. The molecule has 0 spiro atoms. The second-order valence-corrected chi connectivity index (χ2v) is 3.79. The van der Waals surface area contributed by atoms with Crippen LogP contribution < -0.4 is 5.73 Å². The molecule has 0 fully saturated rings. The van der Waals surface area contributed by atoms with E-state index >= 15 is 0 Å². The van der Waals surface area contributed by atoms with Crippen LogP contribution in [0.1, 0.15) is 18.0 Å². The van der Waals surface area contributed by atoms with Crippen molar-refractivity contribution in [1.29, 1.82) is 0 Å². The molecule has 0 aliphatic carbocycles. The fourth-order valence-electron chi connectivity index (χ4n) is 1.10. The van der Waals surface area contributed by atoms with Gasteiger partial charge in [-0.05, 0) is 18.2 Å². The van der Waals surface area contributed by atoms with E-state index in [1.807, 2.05) is 0 Å². The van der Waals surface area contributed by atoms with Crippen LogP contribution in [0.2, 0.25) is 0 Å². The minimum Gasteiger partial charge on any atom is -0.481 e. The van der Waals surface area contributed by atoms with Gasteiger partial charge in [0.05, 0.1) is 6.42 Å². The number of hydrogen-bond acceptors (Lipinski definition) is 2. The van der Waals surface area contributed by atoms with Gasteiger partial charge in [-0.2, -0.15) is 0 Å². The average Bonchev–Trinajstić information content (AvgIpc) is 2.08. The molecule has 0 amide bonds. The first-order valence-corrected chi connectivity index (χ1v) is 4.72. The highest BCUT2D eigenvalue weighted by Crippen LogP contribution is 2.22. The van der Waals surface area contributed by atoms with Crippen LogP contribution in [0, 0.1) is 5.82 Å². The molecule has 0 radical (unpaired) electrons. The summed E-state index contributed by atoms with van der Waals surface area (Å²) in [5, 5.41) is 8.49. The fraction of sp³-hybridized carbons (Fsp3) is 0.222. The molecule has 84 valence electrons. The third kappa shape index (κ3) is 4.15. The maximum atomic E-state index is 13.2. The zero-order chi connectivity index (χ0) is 10.7. The fourth-order valence-corrected chi connectivity index (χ4v) is 1.48. The van der Waals surface area contributed by atoms with Gasteiger partial charge in [-0.3, -0.25) is 4.79 Å². The summed E-state index contributed by atoms with van der Waals surface area (Å²) in [7, 11) is 0. The van der Waals surface area contributed by atoms with E-state index < -0.39 is 17.8 Å². The van der Waals surface area contributed by atoms with E-state index in [4.69, 9.17) is 10.8 Å². The number of nitrogens with two attached hydrogens (primary N) is 1. The van der Waals surface area contributed by atoms with Crippen LogP contribution >= 0.6 is 28.3 Å². The number of carboxylic acids is 1. The van der Waals surface area contributed by atoms with Crippen LogP contribution in [0.25, 0.3) is 0 Å². The lowest BCUT2D eigenvalue weighted by Gasteiger charge is -2.10. The lowest BCUT2D eigenvalue weighted by atomic mass is 10.0. The Morgan fingerprint density at radius 3 is 2.73 bits per heavy atom. The van der Waals surface area contributed by atoms with Gasteiger partial charge in [0.15, 0.2) is 0 Å². The van der Waals surface area contributed by atoms with Gasteiger partial charge in [0.2, 0.25) is 0 Å². The van der Waals surface area contributed by atoms with Crippen molar-refractivity contribution in [3.8, 4) is 0 Å². The molecule has 3 nitrogen and oxygen atoms in total. The van der Waals surface area contributed by atoms with Crippen molar-refractivity contribution in [2.45, 2.75) is 12.5 Å². The minimum absolute atomic E-state index is 0. The van der Waals surface area contributed by atoms with Gasteiger partial charge in [-0.15, -0.1) is 12.4 Å². The molecule has 0 aliphatic rings. The number of benzene rings is 1. The molecule has 1 unspecified atom stereocenters. The summed E-state index contributed by atoms with van der Waals surface area (Å²) in [5.74, 6) is -1.53. The normalized spacial score (nSPS) is 11.7. The van der Waals surface area contributed by atoms with Crippen LogP contribution in [0.5, 0.6) is 0 Å². The molecule has 3 N–H and O–H groups in total. The lowest BCUT2D eigenvalue weighted by Crippen LogP contribution is -2.16. The first kappa shape index (κ1) is 14.3. The van der Waals surface area contributed by atoms with E-state index in [0.717, 1.165) is 0 Å². The van der Waals surface area contributed by atoms with Gasteiger partial charge >= 0.3 is 5.97 Å². The Balaban J connectivity index is 0.00000196. The largest absolute Gasteiger partial charge is 0.481 e. The zero-order valence-corrected chi connectivity index (χ0v) is 10.0. The molecule has 0 aromatic heterocycles. The Bertz CT molecular complexity index is 362. The van der Waals surface area contributed by atoms with E-state index in [-0.39, 0.29) is 24.4 Å². The van der Waals surface area contributed by atoms with Crippen molar-refractivity contribution < 1.29 is 14.3 Å². The van der Waals surface area contributed by atoms with Crippen molar-refractivity contribution in [3.05, 3.63) is 34.1 Å². The van der Waals surface area contributed by atoms with E-state index in [2.05, 4.69) is 15.9 Å².